The minimum atomic E-state index is 1.06. The molecule has 0 aliphatic heterocycles. The average molecular weight is 205 g/mol. The van der Waals surface area contributed by atoms with E-state index in [9.17, 15) is 0 Å². The van der Waals surface area contributed by atoms with Crippen molar-refractivity contribution < 1.29 is 0 Å². The van der Waals surface area contributed by atoms with Gasteiger partial charge in [-0.05, 0) is 62.2 Å². The molecule has 3 fully saturated rings. The van der Waals surface area contributed by atoms with E-state index in [-0.39, 0.29) is 0 Å². The summed E-state index contributed by atoms with van der Waals surface area (Å²) in [5.41, 5.74) is 0. The molecule has 0 spiro atoms. The first-order chi connectivity index (χ1) is 7.45. The summed E-state index contributed by atoms with van der Waals surface area (Å²) >= 11 is 0. The quantitative estimate of drug-likeness (QED) is 0.624. The van der Waals surface area contributed by atoms with Crippen LogP contribution in [0.2, 0.25) is 0 Å². The molecule has 0 heteroatoms. The molecular formula is C15H25. The maximum absolute atomic E-state index is 2.08. The molecule has 3 aliphatic carbocycles. The van der Waals surface area contributed by atoms with Crippen LogP contribution in [-0.4, -0.2) is 0 Å². The van der Waals surface area contributed by atoms with Crippen LogP contribution in [0.3, 0.4) is 0 Å². The third-order valence-electron chi connectivity index (χ3n) is 4.95. The van der Waals surface area contributed by atoms with Crippen LogP contribution >= 0.6 is 0 Å². The predicted molar refractivity (Wildman–Crippen MR) is 64.5 cm³/mol. The molecule has 0 nitrogen and oxygen atoms in total. The van der Waals surface area contributed by atoms with E-state index in [1.54, 1.807) is 38.5 Å². The van der Waals surface area contributed by atoms with Gasteiger partial charge in [-0.3, -0.25) is 0 Å². The van der Waals surface area contributed by atoms with Crippen molar-refractivity contribution in [2.24, 2.45) is 17.8 Å². The van der Waals surface area contributed by atoms with Crippen molar-refractivity contribution in [3.63, 3.8) is 0 Å². The molecule has 0 aromatic heterocycles. The molecule has 0 amide bonds. The van der Waals surface area contributed by atoms with Crippen LogP contribution in [0.15, 0.2) is 0 Å². The molecule has 0 atom stereocenters. The fraction of sp³-hybridized carbons (Fsp3) is 0.933. The summed E-state index contributed by atoms with van der Waals surface area (Å²) in [5.74, 6) is 5.30. The third-order valence-corrected chi connectivity index (χ3v) is 4.95. The fourth-order valence-electron chi connectivity index (χ4n) is 4.11. The van der Waals surface area contributed by atoms with Crippen molar-refractivity contribution in [2.45, 2.75) is 70.6 Å². The van der Waals surface area contributed by atoms with Crippen molar-refractivity contribution >= 4 is 0 Å². The second-order valence-electron chi connectivity index (χ2n) is 6.09. The maximum atomic E-state index is 2.08. The predicted octanol–water partition coefficient (Wildman–Crippen LogP) is 4.74. The highest BCUT2D eigenvalue weighted by Gasteiger charge is 2.42. The second-order valence-corrected chi connectivity index (χ2v) is 6.09. The minimum absolute atomic E-state index is 1.06. The van der Waals surface area contributed by atoms with Crippen LogP contribution in [0.1, 0.15) is 70.6 Å². The fourth-order valence-corrected chi connectivity index (χ4v) is 4.11. The molecule has 0 heterocycles. The molecule has 0 aromatic rings. The topological polar surface area (TPSA) is 0 Å². The van der Waals surface area contributed by atoms with E-state index in [0.717, 1.165) is 17.8 Å². The zero-order valence-electron chi connectivity index (χ0n) is 10.0. The Morgan fingerprint density at radius 3 is 1.33 bits per heavy atom. The molecule has 0 unspecified atom stereocenters. The first kappa shape index (κ1) is 10.2. The Labute approximate surface area is 94.8 Å². The van der Waals surface area contributed by atoms with E-state index in [2.05, 4.69) is 5.92 Å². The molecule has 3 saturated carbocycles. The molecule has 1 radical (unpaired) electrons. The van der Waals surface area contributed by atoms with Gasteiger partial charge in [-0.1, -0.05) is 32.1 Å². The standard InChI is InChI=1S/C15H25/c1-2-6-12(7-3-1)15(14-10-11-14)13-8-4-5-9-13/h12-14H,1-11H2. The van der Waals surface area contributed by atoms with Crippen LogP contribution in [0, 0.1) is 23.7 Å². The molecule has 3 aliphatic rings. The molecule has 0 aromatic carbocycles. The Hall–Kier alpha value is 0. The van der Waals surface area contributed by atoms with E-state index in [1.807, 2.05) is 0 Å². The largest absolute Gasteiger partial charge is 0.0533 e. The van der Waals surface area contributed by atoms with E-state index >= 15 is 0 Å². The van der Waals surface area contributed by atoms with Crippen LogP contribution in [0.5, 0.6) is 0 Å². The highest BCUT2D eigenvalue weighted by molar-refractivity contribution is 5.12. The lowest BCUT2D eigenvalue weighted by molar-refractivity contribution is 0.300. The van der Waals surface area contributed by atoms with Gasteiger partial charge in [0.05, 0.1) is 0 Å². The number of rotatable bonds is 3. The zero-order chi connectivity index (χ0) is 10.1. The SMILES string of the molecule is C1CCC([C](C2CCCC2)C2CC2)CC1. The molecule has 0 saturated heterocycles. The summed E-state index contributed by atoms with van der Waals surface area (Å²) < 4.78 is 0. The first-order valence-corrected chi connectivity index (χ1v) is 7.32. The van der Waals surface area contributed by atoms with Gasteiger partial charge in [0.25, 0.3) is 0 Å². The van der Waals surface area contributed by atoms with Gasteiger partial charge >= 0.3 is 0 Å². The van der Waals surface area contributed by atoms with Crippen LogP contribution in [-0.2, 0) is 0 Å². The Balaban J connectivity index is 1.65. The summed E-state index contributed by atoms with van der Waals surface area (Å²) in [6.07, 6.45) is 16.9. The summed E-state index contributed by atoms with van der Waals surface area (Å²) in [6, 6.07) is 0. The minimum Gasteiger partial charge on any atom is -0.0533 e. The Morgan fingerprint density at radius 1 is 0.467 bits per heavy atom. The number of hydrogen-bond donors (Lipinski definition) is 0. The lowest BCUT2D eigenvalue weighted by Crippen LogP contribution is -2.23. The van der Waals surface area contributed by atoms with Crippen molar-refractivity contribution in [3.8, 4) is 0 Å². The average Bonchev–Trinajstić information content (AvgIpc) is 2.96. The zero-order valence-corrected chi connectivity index (χ0v) is 10.0. The van der Waals surface area contributed by atoms with Crippen LogP contribution < -0.4 is 0 Å². The molecule has 85 valence electrons. The van der Waals surface area contributed by atoms with Crippen LogP contribution in [0.4, 0.5) is 0 Å². The molecule has 3 rings (SSSR count). The van der Waals surface area contributed by atoms with Crippen molar-refractivity contribution in [3.05, 3.63) is 5.92 Å². The molecular weight excluding hydrogens is 180 g/mol. The second kappa shape index (κ2) is 4.47. The van der Waals surface area contributed by atoms with Gasteiger partial charge in [-0.15, -0.1) is 0 Å². The summed E-state index contributed by atoms with van der Waals surface area (Å²) in [7, 11) is 0. The van der Waals surface area contributed by atoms with E-state index in [1.165, 1.54) is 32.1 Å². The van der Waals surface area contributed by atoms with E-state index in [4.69, 9.17) is 0 Å². The Bertz CT molecular complexity index is 192. The molecule has 15 heavy (non-hydrogen) atoms. The molecule has 0 bridgehead atoms. The maximum Gasteiger partial charge on any atom is -0.0148 e. The summed E-state index contributed by atoms with van der Waals surface area (Å²) in [5, 5.41) is 0. The summed E-state index contributed by atoms with van der Waals surface area (Å²) in [4.78, 5) is 0. The van der Waals surface area contributed by atoms with Crippen molar-refractivity contribution in [2.75, 3.05) is 0 Å². The van der Waals surface area contributed by atoms with Crippen LogP contribution in [0.25, 0.3) is 0 Å². The highest BCUT2D eigenvalue weighted by Crippen LogP contribution is 2.53. The highest BCUT2D eigenvalue weighted by atomic mass is 14.5. The smallest absolute Gasteiger partial charge is 0.0148 e. The Kier molecular flexibility index (Phi) is 3.03. The van der Waals surface area contributed by atoms with Gasteiger partial charge in [0.15, 0.2) is 0 Å². The van der Waals surface area contributed by atoms with Crippen molar-refractivity contribution in [1.82, 2.24) is 0 Å². The third kappa shape index (κ3) is 2.24. The lowest BCUT2D eigenvalue weighted by Gasteiger charge is -2.34. The van der Waals surface area contributed by atoms with Gasteiger partial charge in [0.1, 0.15) is 0 Å². The monoisotopic (exact) mass is 205 g/mol. The van der Waals surface area contributed by atoms with Gasteiger partial charge in [-0.25, -0.2) is 0 Å². The van der Waals surface area contributed by atoms with Crippen molar-refractivity contribution in [1.29, 1.82) is 0 Å². The van der Waals surface area contributed by atoms with Gasteiger partial charge < -0.3 is 0 Å². The molecule has 0 N–H and O–H groups in total. The van der Waals surface area contributed by atoms with Gasteiger partial charge in [0, 0.05) is 0 Å². The summed E-state index contributed by atoms with van der Waals surface area (Å²) in [6.45, 7) is 0. The van der Waals surface area contributed by atoms with E-state index in [0.29, 0.717) is 0 Å². The first-order valence-electron chi connectivity index (χ1n) is 7.32. The van der Waals surface area contributed by atoms with Gasteiger partial charge in [0.2, 0.25) is 0 Å². The van der Waals surface area contributed by atoms with Gasteiger partial charge in [-0.2, -0.15) is 0 Å². The lowest BCUT2D eigenvalue weighted by atomic mass is 9.71. The van der Waals surface area contributed by atoms with E-state index < -0.39 is 0 Å². The Morgan fingerprint density at radius 2 is 0.867 bits per heavy atom. The normalized spacial score (nSPS) is 30.2. The number of hydrogen-bond acceptors (Lipinski definition) is 0.